The second kappa shape index (κ2) is 7.99. The number of carbonyl (C=O) groups is 2. The number of esters is 1. The van der Waals surface area contributed by atoms with Crippen molar-refractivity contribution in [3.63, 3.8) is 0 Å². The molecule has 0 aliphatic rings. The van der Waals surface area contributed by atoms with Crippen LogP contribution in [0.2, 0.25) is 10.0 Å². The predicted octanol–water partition coefficient (Wildman–Crippen LogP) is 4.11. The Morgan fingerprint density at radius 2 is 1.70 bits per heavy atom. The third kappa shape index (κ3) is 5.58. The van der Waals surface area contributed by atoms with Gasteiger partial charge in [0.05, 0.1) is 6.42 Å². The molecule has 1 amide bonds. The number of halogens is 2. The van der Waals surface area contributed by atoms with Gasteiger partial charge in [-0.25, -0.2) is 0 Å². The minimum absolute atomic E-state index is 0.113. The van der Waals surface area contributed by atoms with Crippen molar-refractivity contribution in [3.05, 3.63) is 64.1 Å². The minimum atomic E-state index is -0.927. The molecule has 0 aliphatic carbocycles. The molecule has 4 nitrogen and oxygen atoms in total. The SMILES string of the molecule is C[C@@H](OC(=O)Cc1ccccc1)C(=O)Nc1cc(Cl)cc(Cl)c1. The van der Waals surface area contributed by atoms with Crippen LogP contribution in [-0.2, 0) is 20.7 Å². The Morgan fingerprint density at radius 3 is 2.30 bits per heavy atom. The molecule has 6 heteroatoms. The highest BCUT2D eigenvalue weighted by atomic mass is 35.5. The van der Waals surface area contributed by atoms with E-state index in [4.69, 9.17) is 27.9 Å². The normalized spacial score (nSPS) is 11.6. The number of anilines is 1. The van der Waals surface area contributed by atoms with Gasteiger partial charge in [-0.15, -0.1) is 0 Å². The maximum Gasteiger partial charge on any atom is 0.311 e. The molecule has 0 aliphatic heterocycles. The number of hydrogen-bond acceptors (Lipinski definition) is 3. The second-order valence-electron chi connectivity index (χ2n) is 4.94. The van der Waals surface area contributed by atoms with E-state index in [1.165, 1.54) is 6.92 Å². The fourth-order valence-corrected chi connectivity index (χ4v) is 2.45. The Hall–Kier alpha value is -2.04. The zero-order valence-corrected chi connectivity index (χ0v) is 13.9. The van der Waals surface area contributed by atoms with E-state index in [0.717, 1.165) is 5.56 Å². The molecule has 0 bridgehead atoms. The van der Waals surface area contributed by atoms with Crippen molar-refractivity contribution >= 4 is 40.8 Å². The summed E-state index contributed by atoms with van der Waals surface area (Å²) in [6, 6.07) is 13.8. The molecular weight excluding hydrogens is 337 g/mol. The van der Waals surface area contributed by atoms with Crippen LogP contribution >= 0.6 is 23.2 Å². The van der Waals surface area contributed by atoms with Gasteiger partial charge in [0.2, 0.25) is 0 Å². The van der Waals surface area contributed by atoms with Crippen molar-refractivity contribution in [2.45, 2.75) is 19.4 Å². The van der Waals surface area contributed by atoms with Gasteiger partial charge in [0.1, 0.15) is 0 Å². The molecule has 0 aromatic heterocycles. The molecule has 0 saturated heterocycles. The molecule has 23 heavy (non-hydrogen) atoms. The van der Waals surface area contributed by atoms with Gasteiger partial charge < -0.3 is 10.1 Å². The lowest BCUT2D eigenvalue weighted by atomic mass is 10.1. The van der Waals surface area contributed by atoms with Gasteiger partial charge in [-0.3, -0.25) is 9.59 Å². The van der Waals surface area contributed by atoms with Crippen LogP contribution < -0.4 is 5.32 Å². The highest BCUT2D eigenvalue weighted by Crippen LogP contribution is 2.22. The van der Waals surface area contributed by atoms with E-state index in [1.807, 2.05) is 30.3 Å². The Kier molecular flexibility index (Phi) is 6.02. The Morgan fingerprint density at radius 1 is 1.09 bits per heavy atom. The van der Waals surface area contributed by atoms with Crippen molar-refractivity contribution in [1.29, 1.82) is 0 Å². The molecular formula is C17H15Cl2NO3. The van der Waals surface area contributed by atoms with Gasteiger partial charge in [-0.1, -0.05) is 53.5 Å². The Bertz CT molecular complexity index is 684. The first-order valence-corrected chi connectivity index (χ1v) is 7.70. The van der Waals surface area contributed by atoms with Crippen molar-refractivity contribution < 1.29 is 14.3 Å². The van der Waals surface area contributed by atoms with Crippen molar-refractivity contribution in [2.24, 2.45) is 0 Å². The molecule has 120 valence electrons. The average molecular weight is 352 g/mol. The summed E-state index contributed by atoms with van der Waals surface area (Å²) in [5.74, 6) is -0.923. The van der Waals surface area contributed by atoms with Gasteiger partial charge in [0, 0.05) is 15.7 Å². The summed E-state index contributed by atoms with van der Waals surface area (Å²) in [7, 11) is 0. The Labute approximate surface area is 144 Å². The van der Waals surface area contributed by atoms with E-state index in [1.54, 1.807) is 18.2 Å². The van der Waals surface area contributed by atoms with Crippen LogP contribution in [0.15, 0.2) is 48.5 Å². The molecule has 0 heterocycles. The van der Waals surface area contributed by atoms with Gasteiger partial charge in [-0.2, -0.15) is 0 Å². The first-order valence-electron chi connectivity index (χ1n) is 6.94. The summed E-state index contributed by atoms with van der Waals surface area (Å²) >= 11 is 11.7. The van der Waals surface area contributed by atoms with Gasteiger partial charge >= 0.3 is 5.97 Å². The van der Waals surface area contributed by atoms with Crippen LogP contribution in [0.1, 0.15) is 12.5 Å². The zero-order chi connectivity index (χ0) is 16.8. The van der Waals surface area contributed by atoms with Crippen LogP contribution in [0.25, 0.3) is 0 Å². The fraction of sp³-hybridized carbons (Fsp3) is 0.176. The monoisotopic (exact) mass is 351 g/mol. The number of benzene rings is 2. The number of nitrogens with one attached hydrogen (secondary N) is 1. The van der Waals surface area contributed by atoms with E-state index in [-0.39, 0.29) is 6.42 Å². The molecule has 1 N–H and O–H groups in total. The number of rotatable bonds is 5. The highest BCUT2D eigenvalue weighted by molar-refractivity contribution is 6.35. The minimum Gasteiger partial charge on any atom is -0.452 e. The third-order valence-electron chi connectivity index (χ3n) is 3.00. The van der Waals surface area contributed by atoms with E-state index in [0.29, 0.717) is 15.7 Å². The summed E-state index contributed by atoms with van der Waals surface area (Å²) in [5.41, 5.74) is 1.27. The maximum atomic E-state index is 12.0. The maximum absolute atomic E-state index is 12.0. The topological polar surface area (TPSA) is 55.4 Å². The van der Waals surface area contributed by atoms with Crippen molar-refractivity contribution in [1.82, 2.24) is 0 Å². The lowest BCUT2D eigenvalue weighted by molar-refractivity contribution is -0.152. The molecule has 1 atom stereocenters. The second-order valence-corrected chi connectivity index (χ2v) is 5.81. The largest absolute Gasteiger partial charge is 0.452 e. The molecule has 2 aromatic rings. The third-order valence-corrected chi connectivity index (χ3v) is 3.44. The number of amides is 1. The van der Waals surface area contributed by atoms with Crippen LogP contribution in [0.3, 0.4) is 0 Å². The number of ether oxygens (including phenoxy) is 1. The molecule has 2 rings (SSSR count). The first kappa shape index (κ1) is 17.3. The zero-order valence-electron chi connectivity index (χ0n) is 12.4. The first-order chi connectivity index (χ1) is 10.9. The molecule has 0 unspecified atom stereocenters. The van der Waals surface area contributed by atoms with E-state index in [9.17, 15) is 9.59 Å². The van der Waals surface area contributed by atoms with E-state index in [2.05, 4.69) is 5.32 Å². The summed E-state index contributed by atoms with van der Waals surface area (Å²) < 4.78 is 5.13. The van der Waals surface area contributed by atoms with Crippen molar-refractivity contribution in [2.75, 3.05) is 5.32 Å². The van der Waals surface area contributed by atoms with Crippen LogP contribution in [-0.4, -0.2) is 18.0 Å². The molecule has 2 aromatic carbocycles. The Balaban J connectivity index is 1.90. The summed E-state index contributed by atoms with van der Waals surface area (Å²) in [6.45, 7) is 1.50. The lowest BCUT2D eigenvalue weighted by Crippen LogP contribution is -2.30. The average Bonchev–Trinajstić information content (AvgIpc) is 2.46. The van der Waals surface area contributed by atoms with Gasteiger partial charge in [0.15, 0.2) is 6.10 Å². The van der Waals surface area contributed by atoms with E-state index < -0.39 is 18.0 Å². The summed E-state index contributed by atoms with van der Waals surface area (Å²) in [6.07, 6.45) is -0.814. The molecule has 0 saturated carbocycles. The summed E-state index contributed by atoms with van der Waals surface area (Å²) in [5, 5.41) is 3.42. The fourth-order valence-electron chi connectivity index (χ4n) is 1.92. The van der Waals surface area contributed by atoms with Crippen LogP contribution in [0.5, 0.6) is 0 Å². The highest BCUT2D eigenvalue weighted by Gasteiger charge is 2.18. The van der Waals surface area contributed by atoms with Crippen LogP contribution in [0, 0.1) is 0 Å². The molecule has 0 spiro atoms. The lowest BCUT2D eigenvalue weighted by Gasteiger charge is -2.14. The van der Waals surface area contributed by atoms with Gasteiger partial charge in [-0.05, 0) is 30.7 Å². The predicted molar refractivity (Wildman–Crippen MR) is 90.8 cm³/mol. The summed E-state index contributed by atoms with van der Waals surface area (Å²) in [4.78, 5) is 23.9. The van der Waals surface area contributed by atoms with E-state index >= 15 is 0 Å². The number of hydrogen-bond donors (Lipinski definition) is 1. The quantitative estimate of drug-likeness (QED) is 0.824. The molecule has 0 radical (unpaired) electrons. The number of carbonyl (C=O) groups excluding carboxylic acids is 2. The standard InChI is InChI=1S/C17H15Cl2NO3/c1-11(23-16(21)7-12-5-3-2-4-6-12)17(22)20-15-9-13(18)8-14(19)10-15/h2-6,8-11H,7H2,1H3,(H,20,22)/t11-/m1/s1. The van der Waals surface area contributed by atoms with Crippen LogP contribution in [0.4, 0.5) is 5.69 Å². The van der Waals surface area contributed by atoms with Crippen molar-refractivity contribution in [3.8, 4) is 0 Å². The molecule has 0 fully saturated rings. The smallest absolute Gasteiger partial charge is 0.311 e. The van der Waals surface area contributed by atoms with Gasteiger partial charge in [0.25, 0.3) is 5.91 Å².